The van der Waals surface area contributed by atoms with Gasteiger partial charge in [0.05, 0.1) is 46.8 Å². The normalized spacial score (nSPS) is 12.0. The van der Waals surface area contributed by atoms with Crippen molar-refractivity contribution in [2.24, 2.45) is 20.5 Å². The summed E-state index contributed by atoms with van der Waals surface area (Å²) in [6.07, 6.45) is 1.16. The molecule has 2 unspecified atom stereocenters. The van der Waals surface area contributed by atoms with Crippen LogP contribution >= 0.6 is 58.0 Å². The molecular weight excluding hydrogens is 994 g/mol. The zero-order valence-corrected chi connectivity index (χ0v) is 41.3. The lowest BCUT2D eigenvalue weighted by Gasteiger charge is -2.15. The summed E-state index contributed by atoms with van der Waals surface area (Å²) < 4.78 is 10.6. The van der Waals surface area contributed by atoms with E-state index in [0.717, 1.165) is 11.1 Å². The summed E-state index contributed by atoms with van der Waals surface area (Å²) in [7, 11) is 3.00. The van der Waals surface area contributed by atoms with E-state index < -0.39 is 47.3 Å². The van der Waals surface area contributed by atoms with Crippen LogP contribution < -0.4 is 30.7 Å². The van der Waals surface area contributed by atoms with Gasteiger partial charge in [-0.25, -0.2) is 0 Å². The van der Waals surface area contributed by atoms with Crippen molar-refractivity contribution in [3.05, 3.63) is 129 Å². The number of hydrogen-bond donors (Lipinski definition) is 4. The number of anilines is 4. The minimum absolute atomic E-state index is 0.0487. The molecule has 4 amide bonds. The van der Waals surface area contributed by atoms with Crippen LogP contribution in [0.3, 0.4) is 0 Å². The summed E-state index contributed by atoms with van der Waals surface area (Å²) in [6.45, 7) is 2.34. The molecule has 0 saturated carbocycles. The van der Waals surface area contributed by atoms with Gasteiger partial charge < -0.3 is 30.7 Å². The number of halogens is 5. The smallest absolute Gasteiger partial charge is 0.258 e. The molecule has 0 saturated heterocycles. The molecule has 5 aromatic carbocycles. The number of Topliss-reactive ketones (excluding diaryl/α,β-unsaturated/α-hetero) is 2. The van der Waals surface area contributed by atoms with Crippen LogP contribution in [0.15, 0.2) is 111 Å². The molecule has 0 fully saturated rings. The Morgan fingerprint density at radius 3 is 1.36 bits per heavy atom. The monoisotopic (exact) mass is 1040 g/mol. The first-order valence-corrected chi connectivity index (χ1v) is 23.3. The first-order chi connectivity index (χ1) is 33.1. The van der Waals surface area contributed by atoms with Crippen LogP contribution in [0.4, 0.5) is 34.1 Å². The highest BCUT2D eigenvalue weighted by Gasteiger charge is 2.26. The first kappa shape index (κ1) is 53.5. The van der Waals surface area contributed by atoms with Crippen molar-refractivity contribution in [2.45, 2.75) is 45.2 Å². The molecule has 0 aromatic heterocycles. The molecule has 0 aliphatic carbocycles. The zero-order chi connectivity index (χ0) is 50.2. The quantitative estimate of drug-likeness (QED) is 0.0296. The maximum Gasteiger partial charge on any atom is 0.258 e. The average molecular weight is 1040 g/mol. The van der Waals surface area contributed by atoms with Crippen LogP contribution in [0.2, 0.25) is 10.0 Å². The Morgan fingerprint density at radius 1 is 0.507 bits per heavy atom. The number of rotatable bonds is 22. The van der Waals surface area contributed by atoms with E-state index in [1.54, 1.807) is 36.4 Å². The third-order valence-electron chi connectivity index (χ3n) is 10.1. The third-order valence-corrected chi connectivity index (χ3v) is 11.3. The molecule has 4 N–H and O–H groups in total. The van der Waals surface area contributed by atoms with E-state index in [2.05, 4.69) is 41.7 Å². The number of alkyl halides is 3. The number of ketones is 2. The van der Waals surface area contributed by atoms with E-state index >= 15 is 0 Å². The Hall–Kier alpha value is -6.43. The number of aryl methyl sites for hydroxylation is 3. The molecular formula is C48H45Cl5N8O8. The molecule has 0 heterocycles. The molecule has 69 heavy (non-hydrogen) atoms. The molecule has 21 heteroatoms. The highest BCUT2D eigenvalue weighted by Crippen LogP contribution is 2.30. The van der Waals surface area contributed by atoms with Crippen LogP contribution in [-0.4, -0.2) is 79.1 Å². The van der Waals surface area contributed by atoms with Crippen molar-refractivity contribution in [1.82, 2.24) is 0 Å². The lowest BCUT2D eigenvalue weighted by molar-refractivity contribution is -0.127. The van der Waals surface area contributed by atoms with E-state index in [-0.39, 0.29) is 56.2 Å². The molecule has 0 radical (unpaired) electrons. The number of carbonyl (C=O) groups is 6. The molecule has 360 valence electrons. The summed E-state index contributed by atoms with van der Waals surface area (Å²) in [5.74, 6) is -2.28. The van der Waals surface area contributed by atoms with Gasteiger partial charge in [0.25, 0.3) is 23.6 Å². The van der Waals surface area contributed by atoms with Gasteiger partial charge in [0, 0.05) is 52.5 Å². The number of amides is 4. The predicted molar refractivity (Wildman–Crippen MR) is 270 cm³/mol. The number of benzene rings is 5. The SMILES string of the molecule is COc1ccc(CCCl)c(NC(=O)c2cc(N=NC(C(C)=O)C(=O)Nc3ccc(NC(=O)C(N=Nc4ccc(Cl)c(C(=O)Nc5cc(OC)ccc5CCCl)c4)C(C)=O)c(CCCl)c3)ccc2Cl)c1. The van der Waals surface area contributed by atoms with Gasteiger partial charge in [0.2, 0.25) is 12.1 Å². The summed E-state index contributed by atoms with van der Waals surface area (Å²) in [5.41, 5.74) is 3.79. The number of azo groups is 2. The predicted octanol–water partition coefficient (Wildman–Crippen LogP) is 11.2. The third kappa shape index (κ3) is 14.8. The van der Waals surface area contributed by atoms with Gasteiger partial charge in [-0.2, -0.15) is 20.5 Å². The van der Waals surface area contributed by atoms with Crippen LogP contribution in [0.25, 0.3) is 0 Å². The minimum Gasteiger partial charge on any atom is -0.497 e. The minimum atomic E-state index is -1.61. The Balaban J connectivity index is 1.28. The maximum atomic E-state index is 13.5. The molecule has 2 atom stereocenters. The van der Waals surface area contributed by atoms with E-state index in [4.69, 9.17) is 67.5 Å². The van der Waals surface area contributed by atoms with E-state index in [9.17, 15) is 28.8 Å². The molecule has 0 spiro atoms. The number of ether oxygens (including phenoxy) is 2. The number of nitrogens with one attached hydrogen (secondary N) is 4. The van der Waals surface area contributed by atoms with Crippen LogP contribution in [0.5, 0.6) is 11.5 Å². The summed E-state index contributed by atoms with van der Waals surface area (Å²) >= 11 is 30.8. The average Bonchev–Trinajstić information content (AvgIpc) is 3.31. The fourth-order valence-corrected chi connectivity index (χ4v) is 7.53. The fraction of sp³-hybridized carbons (Fsp3) is 0.250. The molecule has 0 aliphatic heterocycles. The van der Waals surface area contributed by atoms with Crippen molar-refractivity contribution < 1.29 is 38.2 Å². The second-order valence-electron chi connectivity index (χ2n) is 14.9. The second-order valence-corrected chi connectivity index (χ2v) is 16.9. The zero-order valence-electron chi connectivity index (χ0n) is 37.5. The van der Waals surface area contributed by atoms with Gasteiger partial charge in [-0.1, -0.05) is 35.3 Å². The number of hydrogen-bond acceptors (Lipinski definition) is 12. The molecule has 0 bridgehead atoms. The van der Waals surface area contributed by atoms with Crippen LogP contribution in [0, 0.1) is 0 Å². The van der Waals surface area contributed by atoms with Gasteiger partial charge in [-0.05, 0) is 117 Å². The fourth-order valence-electron chi connectivity index (χ4n) is 6.51. The second kappa shape index (κ2) is 25.8. The van der Waals surface area contributed by atoms with Crippen molar-refractivity contribution >= 4 is 127 Å². The van der Waals surface area contributed by atoms with Gasteiger partial charge in [-0.15, -0.1) is 34.8 Å². The van der Waals surface area contributed by atoms with Gasteiger partial charge >= 0.3 is 0 Å². The van der Waals surface area contributed by atoms with E-state index in [0.29, 0.717) is 53.0 Å². The van der Waals surface area contributed by atoms with Crippen LogP contribution in [-0.2, 0) is 38.4 Å². The molecule has 0 aliphatic rings. The Morgan fingerprint density at radius 2 is 0.942 bits per heavy atom. The van der Waals surface area contributed by atoms with Crippen molar-refractivity contribution in [3.63, 3.8) is 0 Å². The summed E-state index contributed by atoms with van der Waals surface area (Å²) in [4.78, 5) is 79.2. The summed E-state index contributed by atoms with van der Waals surface area (Å²) in [6, 6.07) is 20.2. The highest BCUT2D eigenvalue weighted by atomic mass is 35.5. The number of methoxy groups -OCH3 is 2. The number of nitrogens with zero attached hydrogens (tertiary/aromatic N) is 4. The van der Waals surface area contributed by atoms with Gasteiger partial charge in [0.1, 0.15) is 11.5 Å². The first-order valence-electron chi connectivity index (χ1n) is 20.9. The number of carbonyl (C=O) groups excluding carboxylic acids is 6. The molecule has 16 nitrogen and oxygen atoms in total. The molecule has 5 aromatic rings. The van der Waals surface area contributed by atoms with Crippen molar-refractivity contribution in [3.8, 4) is 11.5 Å². The van der Waals surface area contributed by atoms with Crippen LogP contribution in [0.1, 0.15) is 51.3 Å². The lowest BCUT2D eigenvalue weighted by atomic mass is 10.1. The highest BCUT2D eigenvalue weighted by molar-refractivity contribution is 6.35. The van der Waals surface area contributed by atoms with Gasteiger partial charge in [0.15, 0.2) is 11.6 Å². The Bertz CT molecular complexity index is 2810. The summed E-state index contributed by atoms with van der Waals surface area (Å²) in [5, 5.41) is 27.4. The Labute approximate surface area is 422 Å². The lowest BCUT2D eigenvalue weighted by Crippen LogP contribution is -2.32. The van der Waals surface area contributed by atoms with E-state index in [1.165, 1.54) is 82.7 Å². The largest absolute Gasteiger partial charge is 0.497 e. The van der Waals surface area contributed by atoms with E-state index in [1.807, 2.05) is 0 Å². The maximum absolute atomic E-state index is 13.5. The standard InChI is InChI=1S/C48H45Cl5N8O8/c1-26(62)43(60-58-32-7-12-38(52)36(22-32)45(64)56-41-24-34(68-3)10-5-28(41)15-18-49)47(66)54-31-9-14-40(30(21-31)17-20-51)55-48(67)44(27(2)63)61-59-33-8-13-39(53)37(23-33)46(65)57-42-25-35(69-4)11-6-29(42)16-19-50/h5-14,21-25,43-44H,15-20H2,1-4H3,(H,54,66)(H,55,67)(H,56,64)(H,57,65). The topological polar surface area (TPSA) is 218 Å². The van der Waals surface area contributed by atoms with Crippen molar-refractivity contribution in [1.29, 1.82) is 0 Å². The van der Waals surface area contributed by atoms with Crippen molar-refractivity contribution in [2.75, 3.05) is 53.1 Å². The Kier molecular flexibility index (Phi) is 20.0. The molecule has 5 rings (SSSR count). The van der Waals surface area contributed by atoms with Gasteiger partial charge in [-0.3, -0.25) is 28.8 Å².